The maximum absolute atomic E-state index is 5.71. The van der Waals surface area contributed by atoms with E-state index >= 15 is 0 Å². The standard InChI is InChI=1S/C8H7ClN4S/c1-5-3-10-8(14-5)13-7-2-6(9)11-4-12-7/h2-4H,1H3,(H,10,11,12,13). The van der Waals surface area contributed by atoms with E-state index in [-0.39, 0.29) is 0 Å². The van der Waals surface area contributed by atoms with Crippen LogP contribution in [0.5, 0.6) is 0 Å². The van der Waals surface area contributed by atoms with Gasteiger partial charge >= 0.3 is 0 Å². The van der Waals surface area contributed by atoms with Crippen LogP contribution in [0.1, 0.15) is 4.88 Å². The SMILES string of the molecule is Cc1cnc(Nc2cc(Cl)ncn2)s1. The molecule has 0 amide bonds. The van der Waals surface area contributed by atoms with Gasteiger partial charge in [0, 0.05) is 17.1 Å². The Bertz CT molecular complexity index is 442. The van der Waals surface area contributed by atoms with Crippen molar-refractivity contribution < 1.29 is 0 Å². The van der Waals surface area contributed by atoms with Gasteiger partial charge in [-0.1, -0.05) is 11.6 Å². The van der Waals surface area contributed by atoms with Crippen LogP contribution in [0.15, 0.2) is 18.6 Å². The third-order valence-electron chi connectivity index (χ3n) is 1.49. The fourth-order valence-electron chi connectivity index (χ4n) is 0.924. The molecule has 0 unspecified atom stereocenters. The topological polar surface area (TPSA) is 50.7 Å². The number of aryl methyl sites for hydroxylation is 1. The van der Waals surface area contributed by atoms with Crippen LogP contribution in [0, 0.1) is 6.92 Å². The number of nitrogens with zero attached hydrogens (tertiary/aromatic N) is 3. The van der Waals surface area contributed by atoms with Gasteiger partial charge in [-0.15, -0.1) is 11.3 Å². The van der Waals surface area contributed by atoms with Crippen molar-refractivity contribution in [3.05, 3.63) is 28.6 Å². The van der Waals surface area contributed by atoms with Crippen molar-refractivity contribution in [1.29, 1.82) is 0 Å². The Morgan fingerprint density at radius 2 is 2.21 bits per heavy atom. The van der Waals surface area contributed by atoms with Gasteiger partial charge in [0.05, 0.1) is 0 Å². The average Bonchev–Trinajstić information content (AvgIpc) is 2.51. The van der Waals surface area contributed by atoms with E-state index < -0.39 is 0 Å². The molecule has 1 N–H and O–H groups in total. The van der Waals surface area contributed by atoms with Crippen LogP contribution in [0.2, 0.25) is 5.15 Å². The zero-order valence-corrected chi connectivity index (χ0v) is 8.93. The summed E-state index contributed by atoms with van der Waals surface area (Å²) in [6.07, 6.45) is 3.21. The summed E-state index contributed by atoms with van der Waals surface area (Å²) in [4.78, 5) is 13.1. The minimum Gasteiger partial charge on any atom is -0.316 e. The highest BCUT2D eigenvalue weighted by atomic mass is 35.5. The Kier molecular flexibility index (Phi) is 2.60. The maximum Gasteiger partial charge on any atom is 0.188 e. The van der Waals surface area contributed by atoms with Gasteiger partial charge < -0.3 is 5.32 Å². The Labute approximate surface area is 90.0 Å². The van der Waals surface area contributed by atoms with E-state index in [0.717, 1.165) is 10.0 Å². The van der Waals surface area contributed by atoms with E-state index in [1.54, 1.807) is 23.6 Å². The lowest BCUT2D eigenvalue weighted by molar-refractivity contribution is 1.16. The van der Waals surface area contributed by atoms with Crippen LogP contribution in [0.4, 0.5) is 10.9 Å². The second-order valence-corrected chi connectivity index (χ2v) is 4.25. The van der Waals surface area contributed by atoms with Gasteiger partial charge in [0.1, 0.15) is 17.3 Å². The lowest BCUT2D eigenvalue weighted by Gasteiger charge is -1.99. The predicted molar refractivity (Wildman–Crippen MR) is 57.2 cm³/mol. The first-order valence-electron chi connectivity index (χ1n) is 3.91. The predicted octanol–water partition coefficient (Wildman–Crippen LogP) is 2.64. The quantitative estimate of drug-likeness (QED) is 0.800. The molecule has 0 aliphatic carbocycles. The second-order valence-electron chi connectivity index (χ2n) is 2.63. The molecule has 0 fully saturated rings. The molecule has 6 heteroatoms. The number of anilines is 2. The normalized spacial score (nSPS) is 10.1. The maximum atomic E-state index is 5.71. The summed E-state index contributed by atoms with van der Waals surface area (Å²) in [5, 5.41) is 4.25. The first-order chi connectivity index (χ1) is 6.74. The average molecular weight is 227 g/mol. The lowest BCUT2D eigenvalue weighted by Crippen LogP contribution is -1.92. The largest absolute Gasteiger partial charge is 0.316 e. The molecular weight excluding hydrogens is 220 g/mol. The van der Waals surface area contributed by atoms with E-state index in [0.29, 0.717) is 11.0 Å². The molecule has 2 heterocycles. The highest BCUT2D eigenvalue weighted by molar-refractivity contribution is 7.15. The Hall–Kier alpha value is -1.20. The van der Waals surface area contributed by atoms with E-state index in [1.807, 2.05) is 6.92 Å². The van der Waals surface area contributed by atoms with Crippen molar-refractivity contribution in [3.8, 4) is 0 Å². The van der Waals surface area contributed by atoms with Crippen LogP contribution in [-0.4, -0.2) is 15.0 Å². The van der Waals surface area contributed by atoms with Gasteiger partial charge in [-0.25, -0.2) is 15.0 Å². The molecule has 2 aromatic rings. The number of hydrogen-bond acceptors (Lipinski definition) is 5. The summed E-state index contributed by atoms with van der Waals surface area (Å²) in [5.74, 6) is 0.652. The number of halogens is 1. The van der Waals surface area contributed by atoms with Crippen LogP contribution in [0.25, 0.3) is 0 Å². The Balaban J connectivity index is 2.18. The number of rotatable bonds is 2. The van der Waals surface area contributed by atoms with Crippen LogP contribution in [0.3, 0.4) is 0 Å². The molecule has 0 radical (unpaired) electrons. The third-order valence-corrected chi connectivity index (χ3v) is 2.52. The molecule has 2 rings (SSSR count). The zero-order valence-electron chi connectivity index (χ0n) is 7.36. The molecule has 0 bridgehead atoms. The summed E-state index contributed by atoms with van der Waals surface area (Å²) >= 11 is 7.27. The molecule has 0 saturated heterocycles. The van der Waals surface area contributed by atoms with Gasteiger partial charge in [0.15, 0.2) is 5.13 Å². The van der Waals surface area contributed by atoms with Crippen LogP contribution in [-0.2, 0) is 0 Å². The van der Waals surface area contributed by atoms with Crippen molar-refractivity contribution in [2.24, 2.45) is 0 Å². The van der Waals surface area contributed by atoms with Crippen LogP contribution < -0.4 is 5.32 Å². The summed E-state index contributed by atoms with van der Waals surface area (Å²) in [6, 6.07) is 1.65. The minimum absolute atomic E-state index is 0.413. The van der Waals surface area contributed by atoms with Crippen molar-refractivity contribution in [2.45, 2.75) is 6.92 Å². The number of thiazole rings is 1. The van der Waals surface area contributed by atoms with Crippen LogP contribution >= 0.6 is 22.9 Å². The summed E-state index contributed by atoms with van der Waals surface area (Å²) in [6.45, 7) is 2.00. The van der Waals surface area contributed by atoms with Crippen molar-refractivity contribution in [3.63, 3.8) is 0 Å². The van der Waals surface area contributed by atoms with Crippen molar-refractivity contribution in [1.82, 2.24) is 15.0 Å². The molecule has 14 heavy (non-hydrogen) atoms. The van der Waals surface area contributed by atoms with Gasteiger partial charge in [0.25, 0.3) is 0 Å². The number of aromatic nitrogens is 3. The molecule has 0 saturated carbocycles. The Morgan fingerprint density at radius 3 is 2.86 bits per heavy atom. The number of hydrogen-bond donors (Lipinski definition) is 1. The Morgan fingerprint density at radius 1 is 1.36 bits per heavy atom. The van der Waals surface area contributed by atoms with Gasteiger partial charge in [-0.3, -0.25) is 0 Å². The fraction of sp³-hybridized carbons (Fsp3) is 0.125. The third kappa shape index (κ3) is 2.18. The molecule has 0 aliphatic rings. The molecule has 0 aromatic carbocycles. The molecule has 4 nitrogen and oxygen atoms in total. The van der Waals surface area contributed by atoms with Crippen molar-refractivity contribution in [2.75, 3.05) is 5.32 Å². The van der Waals surface area contributed by atoms with E-state index in [4.69, 9.17) is 11.6 Å². The first kappa shape index (κ1) is 9.36. The molecule has 0 atom stereocenters. The van der Waals surface area contributed by atoms with Gasteiger partial charge in [0.2, 0.25) is 0 Å². The summed E-state index contributed by atoms with van der Waals surface area (Å²) in [7, 11) is 0. The van der Waals surface area contributed by atoms with Crippen molar-refractivity contribution >= 4 is 33.9 Å². The highest BCUT2D eigenvalue weighted by Crippen LogP contribution is 2.21. The molecular formula is C8H7ClN4S. The minimum atomic E-state index is 0.413. The molecule has 2 aromatic heterocycles. The molecule has 0 aliphatic heterocycles. The molecule has 72 valence electrons. The highest BCUT2D eigenvalue weighted by Gasteiger charge is 2.00. The van der Waals surface area contributed by atoms with Gasteiger partial charge in [-0.2, -0.15) is 0 Å². The van der Waals surface area contributed by atoms with E-state index in [2.05, 4.69) is 20.3 Å². The zero-order chi connectivity index (χ0) is 9.97. The van der Waals surface area contributed by atoms with E-state index in [9.17, 15) is 0 Å². The monoisotopic (exact) mass is 226 g/mol. The second kappa shape index (κ2) is 3.89. The fourth-order valence-corrected chi connectivity index (χ4v) is 1.74. The summed E-state index contributed by atoms with van der Waals surface area (Å²) < 4.78 is 0. The summed E-state index contributed by atoms with van der Waals surface area (Å²) in [5.41, 5.74) is 0. The number of nitrogens with one attached hydrogen (secondary N) is 1. The van der Waals surface area contributed by atoms with Gasteiger partial charge in [-0.05, 0) is 6.92 Å². The van der Waals surface area contributed by atoms with E-state index in [1.165, 1.54) is 6.33 Å². The lowest BCUT2D eigenvalue weighted by atomic mass is 10.6. The molecule has 0 spiro atoms. The first-order valence-corrected chi connectivity index (χ1v) is 5.10. The smallest absolute Gasteiger partial charge is 0.188 e.